The smallest absolute Gasteiger partial charge is 0.337 e. The van der Waals surface area contributed by atoms with Gasteiger partial charge >= 0.3 is 5.97 Å². The Morgan fingerprint density at radius 2 is 1.70 bits per heavy atom. The van der Waals surface area contributed by atoms with Crippen molar-refractivity contribution in [1.82, 2.24) is 0 Å². The molecule has 0 aliphatic carbocycles. The monoisotopic (exact) mass is 416 g/mol. The van der Waals surface area contributed by atoms with E-state index in [0.29, 0.717) is 25.0 Å². The lowest BCUT2D eigenvalue weighted by Gasteiger charge is -2.18. The summed E-state index contributed by atoms with van der Waals surface area (Å²) >= 11 is 0. The van der Waals surface area contributed by atoms with E-state index in [1.54, 1.807) is 0 Å². The number of carbonyl (C=O) groups excluding carboxylic acids is 1. The molecule has 1 atom stereocenters. The molecule has 0 spiro atoms. The van der Waals surface area contributed by atoms with Crippen molar-refractivity contribution >= 4 is 5.97 Å². The van der Waals surface area contributed by atoms with E-state index in [9.17, 15) is 4.79 Å². The highest BCUT2D eigenvalue weighted by molar-refractivity contribution is 5.89. The molecule has 0 saturated carbocycles. The van der Waals surface area contributed by atoms with Crippen molar-refractivity contribution in [3.05, 3.63) is 41.7 Å². The number of para-hydroxylation sites is 1. The van der Waals surface area contributed by atoms with Crippen molar-refractivity contribution in [2.75, 3.05) is 13.2 Å². The Bertz CT molecular complexity index is 617. The normalized spacial score (nSPS) is 16.9. The lowest BCUT2D eigenvalue weighted by Crippen LogP contribution is -2.17. The number of unbranched alkanes of at least 4 members (excludes halogenated alkanes) is 7. The van der Waals surface area contributed by atoms with E-state index < -0.39 is 0 Å². The van der Waals surface area contributed by atoms with Crippen LogP contribution in [0, 0.1) is 0 Å². The maximum absolute atomic E-state index is 12.8. The van der Waals surface area contributed by atoms with Gasteiger partial charge in [0.25, 0.3) is 0 Å². The van der Waals surface area contributed by atoms with E-state index in [1.165, 1.54) is 38.5 Å². The van der Waals surface area contributed by atoms with E-state index in [0.717, 1.165) is 43.8 Å². The third-order valence-electron chi connectivity index (χ3n) is 5.56. The zero-order valence-corrected chi connectivity index (χ0v) is 19.0. The number of carbonyl (C=O) groups is 1. The van der Waals surface area contributed by atoms with Gasteiger partial charge in [0.15, 0.2) is 0 Å². The van der Waals surface area contributed by atoms with Crippen LogP contribution < -0.4 is 4.74 Å². The minimum Gasteiger partial charge on any atom is -0.463 e. The molecule has 0 radical (unpaired) electrons. The van der Waals surface area contributed by atoms with Gasteiger partial charge < -0.3 is 14.2 Å². The Kier molecular flexibility index (Phi) is 12.3. The molecule has 1 heterocycles. The molecule has 1 aliphatic heterocycles. The molecule has 30 heavy (non-hydrogen) atoms. The molecule has 1 unspecified atom stereocenters. The van der Waals surface area contributed by atoms with E-state index in [-0.39, 0.29) is 12.1 Å². The zero-order chi connectivity index (χ0) is 21.4. The van der Waals surface area contributed by atoms with Crippen LogP contribution in [-0.4, -0.2) is 25.3 Å². The third-order valence-corrected chi connectivity index (χ3v) is 5.56. The summed E-state index contributed by atoms with van der Waals surface area (Å²) in [4.78, 5) is 12.8. The molecule has 1 aromatic carbocycles. The van der Waals surface area contributed by atoms with Crippen molar-refractivity contribution in [2.45, 2.75) is 97.0 Å². The van der Waals surface area contributed by atoms with Gasteiger partial charge in [0.2, 0.25) is 0 Å². The van der Waals surface area contributed by atoms with E-state index in [2.05, 4.69) is 6.92 Å². The summed E-state index contributed by atoms with van der Waals surface area (Å²) in [6.45, 7) is 5.26. The molecule has 0 N–H and O–H groups in total. The lowest BCUT2D eigenvalue weighted by atomic mass is 10.0. The summed E-state index contributed by atoms with van der Waals surface area (Å²) in [7, 11) is 0. The number of benzene rings is 1. The fourth-order valence-electron chi connectivity index (χ4n) is 3.88. The Morgan fingerprint density at radius 1 is 1.00 bits per heavy atom. The molecule has 0 amide bonds. The topological polar surface area (TPSA) is 44.8 Å². The van der Waals surface area contributed by atoms with Crippen LogP contribution >= 0.6 is 0 Å². The van der Waals surface area contributed by atoms with Gasteiger partial charge in [-0.15, -0.1) is 0 Å². The SMILES string of the molecule is CCCCCCCCCC/C(C(=O)OCC)=C(\CC1CCCO1)Oc1ccccc1. The predicted octanol–water partition coefficient (Wildman–Crippen LogP) is 6.98. The van der Waals surface area contributed by atoms with Gasteiger partial charge in [0, 0.05) is 13.0 Å². The third kappa shape index (κ3) is 9.34. The van der Waals surface area contributed by atoms with Gasteiger partial charge in [-0.2, -0.15) is 0 Å². The van der Waals surface area contributed by atoms with Crippen molar-refractivity contribution < 1.29 is 19.0 Å². The van der Waals surface area contributed by atoms with Gasteiger partial charge in [-0.3, -0.25) is 0 Å². The second-order valence-corrected chi connectivity index (χ2v) is 8.10. The number of hydrogen-bond acceptors (Lipinski definition) is 4. The van der Waals surface area contributed by atoms with Crippen molar-refractivity contribution in [2.24, 2.45) is 0 Å². The van der Waals surface area contributed by atoms with Gasteiger partial charge in [0.05, 0.1) is 18.3 Å². The van der Waals surface area contributed by atoms with Gasteiger partial charge in [-0.1, -0.05) is 70.1 Å². The molecular weight excluding hydrogens is 376 g/mol. The second-order valence-electron chi connectivity index (χ2n) is 8.10. The summed E-state index contributed by atoms with van der Waals surface area (Å²) in [6.07, 6.45) is 13.4. The van der Waals surface area contributed by atoms with Crippen molar-refractivity contribution in [1.29, 1.82) is 0 Å². The minimum atomic E-state index is -0.246. The number of esters is 1. The van der Waals surface area contributed by atoms with Crippen molar-refractivity contribution in [3.63, 3.8) is 0 Å². The predicted molar refractivity (Wildman–Crippen MR) is 122 cm³/mol. The lowest BCUT2D eigenvalue weighted by molar-refractivity contribution is -0.138. The molecule has 168 valence electrons. The molecule has 1 aromatic rings. The van der Waals surface area contributed by atoms with Gasteiger partial charge in [-0.05, 0) is 44.7 Å². The van der Waals surface area contributed by atoms with Crippen LogP contribution in [0.4, 0.5) is 0 Å². The highest BCUT2D eigenvalue weighted by atomic mass is 16.5. The van der Waals surface area contributed by atoms with Gasteiger partial charge in [0.1, 0.15) is 11.5 Å². The Morgan fingerprint density at radius 3 is 2.33 bits per heavy atom. The quantitative estimate of drug-likeness (QED) is 0.134. The van der Waals surface area contributed by atoms with Gasteiger partial charge in [-0.25, -0.2) is 4.79 Å². The maximum atomic E-state index is 12.8. The van der Waals surface area contributed by atoms with Crippen LogP contribution in [0.15, 0.2) is 41.7 Å². The Labute approximate surface area is 183 Å². The molecule has 2 rings (SSSR count). The summed E-state index contributed by atoms with van der Waals surface area (Å²) in [5, 5.41) is 0. The molecule has 1 saturated heterocycles. The molecule has 4 heteroatoms. The van der Waals surface area contributed by atoms with E-state index in [1.807, 2.05) is 37.3 Å². The van der Waals surface area contributed by atoms with Crippen LogP contribution in [0.3, 0.4) is 0 Å². The first kappa shape index (κ1) is 24.5. The molecule has 1 fully saturated rings. The fraction of sp³-hybridized carbons (Fsp3) is 0.654. The molecule has 0 bridgehead atoms. The second kappa shape index (κ2) is 15.1. The van der Waals surface area contributed by atoms with Crippen LogP contribution in [0.25, 0.3) is 0 Å². The summed E-state index contributed by atoms with van der Waals surface area (Å²) in [5.41, 5.74) is 0.683. The summed E-state index contributed by atoms with van der Waals surface area (Å²) < 4.78 is 17.5. The van der Waals surface area contributed by atoms with Crippen LogP contribution in [0.2, 0.25) is 0 Å². The average Bonchev–Trinajstić information content (AvgIpc) is 3.26. The molecule has 4 nitrogen and oxygen atoms in total. The van der Waals surface area contributed by atoms with Crippen molar-refractivity contribution in [3.8, 4) is 5.75 Å². The Balaban J connectivity index is 2.03. The summed E-state index contributed by atoms with van der Waals surface area (Å²) in [6, 6.07) is 9.70. The summed E-state index contributed by atoms with van der Waals surface area (Å²) in [5.74, 6) is 1.22. The zero-order valence-electron chi connectivity index (χ0n) is 19.0. The first-order valence-electron chi connectivity index (χ1n) is 12.0. The first-order valence-corrected chi connectivity index (χ1v) is 12.0. The number of rotatable bonds is 15. The highest BCUT2D eigenvalue weighted by Crippen LogP contribution is 2.27. The fourth-order valence-corrected chi connectivity index (χ4v) is 3.88. The van der Waals surface area contributed by atoms with Crippen LogP contribution in [-0.2, 0) is 14.3 Å². The molecule has 1 aliphatic rings. The maximum Gasteiger partial charge on any atom is 0.337 e. The Hall–Kier alpha value is -1.81. The van der Waals surface area contributed by atoms with Crippen LogP contribution in [0.5, 0.6) is 5.75 Å². The highest BCUT2D eigenvalue weighted by Gasteiger charge is 2.24. The van der Waals surface area contributed by atoms with Crippen LogP contribution in [0.1, 0.15) is 90.9 Å². The first-order chi connectivity index (χ1) is 14.7. The molecular formula is C26H40O4. The standard InChI is InChI=1S/C26H40O4/c1-3-5-6-7-8-9-10-14-19-24(26(27)28-4-2)25(21-23-18-15-20-29-23)30-22-16-12-11-13-17-22/h11-13,16-17,23H,3-10,14-15,18-21H2,1-2H3/b25-24-. The van der Waals surface area contributed by atoms with E-state index in [4.69, 9.17) is 14.2 Å². The average molecular weight is 417 g/mol. The number of hydrogen-bond donors (Lipinski definition) is 0. The van der Waals surface area contributed by atoms with E-state index >= 15 is 0 Å². The number of ether oxygens (including phenoxy) is 3. The largest absolute Gasteiger partial charge is 0.463 e. The molecule has 0 aromatic heterocycles. The minimum absolute atomic E-state index is 0.117.